The van der Waals surface area contributed by atoms with Gasteiger partial charge in [0, 0.05) is 23.9 Å². The van der Waals surface area contributed by atoms with Crippen LogP contribution in [0.5, 0.6) is 0 Å². The lowest BCUT2D eigenvalue weighted by Crippen LogP contribution is -2.26. The first-order chi connectivity index (χ1) is 12.0. The molecule has 0 fully saturated rings. The molecule has 25 heavy (non-hydrogen) atoms. The van der Waals surface area contributed by atoms with Crippen LogP contribution in [0.3, 0.4) is 0 Å². The smallest absolute Gasteiger partial charge is 0.241 e. The maximum absolute atomic E-state index is 13.0. The van der Waals surface area contributed by atoms with Crippen molar-refractivity contribution in [2.24, 2.45) is 0 Å². The Morgan fingerprint density at radius 2 is 1.84 bits per heavy atom. The van der Waals surface area contributed by atoms with Crippen molar-refractivity contribution in [3.63, 3.8) is 0 Å². The third-order valence-electron chi connectivity index (χ3n) is 3.44. The Labute approximate surface area is 154 Å². The summed E-state index contributed by atoms with van der Waals surface area (Å²) in [6.07, 6.45) is 0.446. The lowest BCUT2D eigenvalue weighted by molar-refractivity contribution is 0.581. The predicted octanol–water partition coefficient (Wildman–Crippen LogP) is 4.12. The average Bonchev–Trinajstić information content (AvgIpc) is 3.04. The third-order valence-corrected chi connectivity index (χ3v) is 6.34. The molecule has 1 heterocycles. The lowest BCUT2D eigenvalue weighted by atomic mass is 10.2. The summed E-state index contributed by atoms with van der Waals surface area (Å²) in [4.78, 5) is 4.51. The maximum Gasteiger partial charge on any atom is 0.242 e. The summed E-state index contributed by atoms with van der Waals surface area (Å²) in [5, 5.41) is 2.81. The number of nitrogens with one attached hydrogen (secondary N) is 1. The fraction of sp³-hybridized carbons (Fsp3) is 0.118. The van der Waals surface area contributed by atoms with Crippen molar-refractivity contribution in [3.8, 4) is 10.6 Å². The van der Waals surface area contributed by atoms with Crippen molar-refractivity contribution < 1.29 is 12.8 Å². The van der Waals surface area contributed by atoms with Gasteiger partial charge in [0.1, 0.15) is 15.7 Å². The van der Waals surface area contributed by atoms with Gasteiger partial charge in [-0.1, -0.05) is 23.7 Å². The number of sulfonamides is 1. The highest BCUT2D eigenvalue weighted by Crippen LogP contribution is 2.24. The van der Waals surface area contributed by atoms with E-state index in [2.05, 4.69) is 9.71 Å². The van der Waals surface area contributed by atoms with E-state index in [0.717, 1.165) is 16.3 Å². The van der Waals surface area contributed by atoms with Crippen molar-refractivity contribution >= 4 is 33.0 Å². The Balaban J connectivity index is 1.63. The SMILES string of the molecule is O=S(=O)(NCCc1csc(-c2ccc(F)cc2)n1)c1ccccc1Cl. The standard InChI is InChI=1S/C17H14ClFN2O2S2/c18-15-3-1-2-4-16(15)25(22,23)20-10-9-14-11-24-17(21-14)12-5-7-13(19)8-6-12/h1-8,11,20H,9-10H2. The fourth-order valence-electron chi connectivity index (χ4n) is 2.20. The van der Waals surface area contributed by atoms with Crippen LogP contribution in [-0.4, -0.2) is 19.9 Å². The average molecular weight is 397 g/mol. The van der Waals surface area contributed by atoms with Gasteiger partial charge in [0.25, 0.3) is 0 Å². The van der Waals surface area contributed by atoms with Gasteiger partial charge in [0.05, 0.1) is 10.7 Å². The molecule has 0 atom stereocenters. The molecule has 0 radical (unpaired) electrons. The summed E-state index contributed by atoms with van der Waals surface area (Å²) >= 11 is 7.36. The topological polar surface area (TPSA) is 59.1 Å². The number of halogens is 2. The first kappa shape index (κ1) is 18.0. The minimum Gasteiger partial charge on any atom is -0.241 e. The van der Waals surface area contributed by atoms with E-state index in [0.29, 0.717) is 6.42 Å². The Kier molecular flexibility index (Phi) is 5.48. The molecule has 0 spiro atoms. The highest BCUT2D eigenvalue weighted by Gasteiger charge is 2.16. The zero-order chi connectivity index (χ0) is 17.9. The Bertz CT molecular complexity index is 972. The number of nitrogens with zero attached hydrogens (tertiary/aromatic N) is 1. The summed E-state index contributed by atoms with van der Waals surface area (Å²) in [6.45, 7) is 0.208. The van der Waals surface area contributed by atoms with Crippen LogP contribution in [0.25, 0.3) is 10.6 Å². The van der Waals surface area contributed by atoms with Crippen molar-refractivity contribution in [2.45, 2.75) is 11.3 Å². The van der Waals surface area contributed by atoms with Gasteiger partial charge in [0.15, 0.2) is 0 Å². The molecule has 3 aromatic rings. The molecule has 3 rings (SSSR count). The van der Waals surface area contributed by atoms with Gasteiger partial charge in [-0.15, -0.1) is 11.3 Å². The summed E-state index contributed by atoms with van der Waals surface area (Å²) in [7, 11) is -3.66. The van der Waals surface area contributed by atoms with Gasteiger partial charge in [-0.2, -0.15) is 0 Å². The number of thiazole rings is 1. The van der Waals surface area contributed by atoms with E-state index in [1.807, 2.05) is 5.38 Å². The fourth-order valence-corrected chi connectivity index (χ4v) is 4.61. The first-order valence-electron chi connectivity index (χ1n) is 7.40. The molecule has 0 unspecified atom stereocenters. The van der Waals surface area contributed by atoms with Crippen LogP contribution in [0.1, 0.15) is 5.69 Å². The van der Waals surface area contributed by atoms with E-state index in [4.69, 9.17) is 11.6 Å². The van der Waals surface area contributed by atoms with Gasteiger partial charge in [-0.05, 0) is 36.4 Å². The largest absolute Gasteiger partial charge is 0.242 e. The van der Waals surface area contributed by atoms with E-state index in [-0.39, 0.29) is 22.3 Å². The van der Waals surface area contributed by atoms with Crippen molar-refractivity contribution in [1.82, 2.24) is 9.71 Å². The number of rotatable bonds is 6. The molecule has 0 amide bonds. The van der Waals surface area contributed by atoms with Crippen molar-refractivity contribution in [3.05, 3.63) is 70.4 Å². The number of hydrogen-bond donors (Lipinski definition) is 1. The zero-order valence-electron chi connectivity index (χ0n) is 12.9. The van der Waals surface area contributed by atoms with Crippen LogP contribution in [-0.2, 0) is 16.4 Å². The molecule has 0 bridgehead atoms. The van der Waals surface area contributed by atoms with Gasteiger partial charge in [-0.3, -0.25) is 0 Å². The third kappa shape index (κ3) is 4.43. The molecule has 0 saturated heterocycles. The summed E-state index contributed by atoms with van der Waals surface area (Å²) < 4.78 is 40.0. The molecule has 0 aliphatic carbocycles. The predicted molar refractivity (Wildman–Crippen MR) is 97.9 cm³/mol. The molecule has 0 saturated carbocycles. The molecule has 2 aromatic carbocycles. The first-order valence-corrected chi connectivity index (χ1v) is 10.1. The second kappa shape index (κ2) is 7.61. The summed E-state index contributed by atoms with van der Waals surface area (Å²) in [5.41, 5.74) is 1.60. The second-order valence-electron chi connectivity index (χ2n) is 5.23. The summed E-state index contributed by atoms with van der Waals surface area (Å²) in [5.74, 6) is -0.297. The highest BCUT2D eigenvalue weighted by atomic mass is 35.5. The molecular weight excluding hydrogens is 383 g/mol. The van der Waals surface area contributed by atoms with E-state index < -0.39 is 10.0 Å². The molecule has 8 heteroatoms. The molecule has 1 aromatic heterocycles. The minimum atomic E-state index is -3.66. The summed E-state index contributed by atoms with van der Waals surface area (Å²) in [6, 6.07) is 12.4. The zero-order valence-corrected chi connectivity index (χ0v) is 15.3. The molecule has 4 nitrogen and oxygen atoms in total. The Morgan fingerprint density at radius 3 is 2.56 bits per heavy atom. The molecule has 0 aliphatic heterocycles. The Hall–Kier alpha value is -1.80. The van der Waals surface area contributed by atoms with E-state index in [1.165, 1.54) is 35.6 Å². The van der Waals surface area contributed by atoms with Crippen LogP contribution < -0.4 is 4.72 Å². The van der Waals surface area contributed by atoms with Gasteiger partial charge in [-0.25, -0.2) is 22.5 Å². The van der Waals surface area contributed by atoms with Crippen LogP contribution in [0, 0.1) is 5.82 Å². The van der Waals surface area contributed by atoms with Crippen molar-refractivity contribution in [2.75, 3.05) is 6.54 Å². The Morgan fingerprint density at radius 1 is 1.12 bits per heavy atom. The molecular formula is C17H14ClFN2O2S2. The second-order valence-corrected chi connectivity index (χ2v) is 8.23. The maximum atomic E-state index is 13.0. The van der Waals surface area contributed by atoms with E-state index in [9.17, 15) is 12.8 Å². The highest BCUT2D eigenvalue weighted by molar-refractivity contribution is 7.89. The quantitative estimate of drug-likeness (QED) is 0.681. The number of benzene rings is 2. The van der Waals surface area contributed by atoms with Gasteiger partial charge >= 0.3 is 0 Å². The minimum absolute atomic E-state index is 0.0574. The van der Waals surface area contributed by atoms with Crippen molar-refractivity contribution in [1.29, 1.82) is 0 Å². The monoisotopic (exact) mass is 396 g/mol. The van der Waals surface area contributed by atoms with Crippen LogP contribution >= 0.6 is 22.9 Å². The molecule has 0 aliphatic rings. The van der Waals surface area contributed by atoms with E-state index >= 15 is 0 Å². The molecule has 130 valence electrons. The molecule has 1 N–H and O–H groups in total. The van der Waals surface area contributed by atoms with Gasteiger partial charge < -0.3 is 0 Å². The van der Waals surface area contributed by atoms with Crippen LogP contribution in [0.4, 0.5) is 4.39 Å². The normalized spacial score (nSPS) is 11.6. The number of hydrogen-bond acceptors (Lipinski definition) is 4. The van der Waals surface area contributed by atoms with E-state index in [1.54, 1.807) is 24.3 Å². The van der Waals surface area contributed by atoms with Crippen LogP contribution in [0.15, 0.2) is 58.8 Å². The number of aromatic nitrogens is 1. The lowest BCUT2D eigenvalue weighted by Gasteiger charge is -2.07. The van der Waals surface area contributed by atoms with Gasteiger partial charge in [0.2, 0.25) is 10.0 Å². The van der Waals surface area contributed by atoms with Crippen LogP contribution in [0.2, 0.25) is 5.02 Å².